The van der Waals surface area contributed by atoms with Gasteiger partial charge in [0.05, 0.1) is 24.7 Å². The number of rotatable bonds is 11. The number of morpholine rings is 1. The van der Waals surface area contributed by atoms with Crippen molar-refractivity contribution in [3.05, 3.63) is 23.9 Å². The molecule has 1 saturated heterocycles. The third kappa shape index (κ3) is 6.91. The number of ketones is 1. The highest BCUT2D eigenvalue weighted by atomic mass is 19.3. The maximum atomic E-state index is 14.5. The number of hydrogen-bond donors (Lipinski definition) is 2. The zero-order valence-electron chi connectivity index (χ0n) is 21.1. The van der Waals surface area contributed by atoms with Gasteiger partial charge in [0.15, 0.2) is 0 Å². The molecular formula is C25H35F2N5O5. The normalized spacial score (nSPS) is 23.9. The number of amides is 3. The lowest BCUT2D eigenvalue weighted by atomic mass is 9.72. The topological polar surface area (TPSA) is 127 Å². The summed E-state index contributed by atoms with van der Waals surface area (Å²) < 4.78 is 39.7. The van der Waals surface area contributed by atoms with Crippen molar-refractivity contribution < 1.29 is 32.3 Å². The molecule has 2 unspecified atom stereocenters. The number of carbonyl (C=O) groups excluding carboxylic acids is 3. The molecule has 4 rings (SSSR count). The zero-order chi connectivity index (χ0) is 26.5. The van der Waals surface area contributed by atoms with Crippen LogP contribution in [0.5, 0.6) is 0 Å². The van der Waals surface area contributed by atoms with Gasteiger partial charge in [0.25, 0.3) is 11.8 Å². The average Bonchev–Trinajstić information content (AvgIpc) is 3.62. The van der Waals surface area contributed by atoms with Gasteiger partial charge in [-0.1, -0.05) is 25.5 Å². The average molecular weight is 524 g/mol. The fraction of sp³-hybridized carbons (Fsp3) is 0.720. The summed E-state index contributed by atoms with van der Waals surface area (Å²) in [7, 11) is 0. The van der Waals surface area contributed by atoms with E-state index in [1.54, 1.807) is 17.9 Å². The second kappa shape index (κ2) is 11.7. The van der Waals surface area contributed by atoms with Crippen LogP contribution in [0.2, 0.25) is 0 Å². The summed E-state index contributed by atoms with van der Waals surface area (Å²) in [6.45, 7) is 4.14. The summed E-state index contributed by atoms with van der Waals surface area (Å²) in [4.78, 5) is 40.3. The Morgan fingerprint density at radius 1 is 1.19 bits per heavy atom. The highest BCUT2D eigenvalue weighted by molar-refractivity contribution is 5.99. The van der Waals surface area contributed by atoms with E-state index in [0.29, 0.717) is 51.6 Å². The minimum absolute atomic E-state index is 0.162. The summed E-state index contributed by atoms with van der Waals surface area (Å²) in [6, 6.07) is -1.15. The molecule has 1 aliphatic heterocycles. The van der Waals surface area contributed by atoms with Crippen LogP contribution in [0.4, 0.5) is 13.6 Å². The second-order valence-electron chi connectivity index (χ2n) is 10.1. The largest absolute Gasteiger partial charge is 0.418 e. The molecule has 0 radical (unpaired) electrons. The van der Waals surface area contributed by atoms with Gasteiger partial charge in [-0.25, -0.2) is 13.6 Å². The lowest BCUT2D eigenvalue weighted by Crippen LogP contribution is -2.50. The van der Waals surface area contributed by atoms with Crippen molar-refractivity contribution in [2.75, 3.05) is 32.8 Å². The minimum Gasteiger partial charge on any atom is -0.418 e. The Morgan fingerprint density at radius 3 is 2.62 bits per heavy atom. The van der Waals surface area contributed by atoms with Crippen molar-refractivity contribution in [1.29, 1.82) is 0 Å². The minimum atomic E-state index is -3.03. The van der Waals surface area contributed by atoms with E-state index < -0.39 is 41.9 Å². The Balaban J connectivity index is 1.35. The first-order chi connectivity index (χ1) is 17.7. The van der Waals surface area contributed by atoms with Crippen molar-refractivity contribution in [1.82, 2.24) is 25.7 Å². The maximum Gasteiger partial charge on any atom is 0.317 e. The number of Topliss-reactive ketones (excluding diaryl/α,β-unsaturated/α-hetero) is 1. The van der Waals surface area contributed by atoms with Crippen LogP contribution in [0.25, 0.3) is 0 Å². The molecule has 2 fully saturated rings. The van der Waals surface area contributed by atoms with Gasteiger partial charge in [0.1, 0.15) is 0 Å². The maximum absolute atomic E-state index is 14.5. The molecule has 1 aromatic heterocycles. The van der Waals surface area contributed by atoms with Crippen LogP contribution in [0, 0.1) is 5.41 Å². The molecule has 204 valence electrons. The number of aromatic nitrogens is 2. The monoisotopic (exact) mass is 523 g/mol. The molecule has 0 aromatic carbocycles. The fourth-order valence-electron chi connectivity index (χ4n) is 4.76. The number of ether oxygens (including phenoxy) is 1. The SMILES string of the molecule is CCC(NC(=O)C1(CCCCNC(=O)N2CCOCC2)C=CCC(F)(F)C1)C(=O)c1nnc(C2CC2)o1. The van der Waals surface area contributed by atoms with Crippen molar-refractivity contribution in [2.45, 2.75) is 76.2 Å². The number of halogens is 2. The first-order valence-electron chi connectivity index (χ1n) is 13.1. The first-order valence-corrected chi connectivity index (χ1v) is 13.1. The van der Waals surface area contributed by atoms with Crippen LogP contribution >= 0.6 is 0 Å². The molecule has 12 heteroatoms. The van der Waals surface area contributed by atoms with E-state index in [1.165, 1.54) is 6.08 Å². The smallest absolute Gasteiger partial charge is 0.317 e. The molecule has 2 atom stereocenters. The van der Waals surface area contributed by atoms with Gasteiger partial charge in [-0.2, -0.15) is 0 Å². The number of allylic oxidation sites excluding steroid dienone is 1. The van der Waals surface area contributed by atoms with Crippen molar-refractivity contribution in [3.63, 3.8) is 0 Å². The van der Waals surface area contributed by atoms with Crippen molar-refractivity contribution in [3.8, 4) is 0 Å². The second-order valence-corrected chi connectivity index (χ2v) is 10.1. The molecule has 1 saturated carbocycles. The van der Waals surface area contributed by atoms with E-state index >= 15 is 0 Å². The Hall–Kier alpha value is -2.89. The molecule has 2 N–H and O–H groups in total. The van der Waals surface area contributed by atoms with Crippen LogP contribution in [0.15, 0.2) is 16.6 Å². The van der Waals surface area contributed by atoms with Gasteiger partial charge < -0.3 is 24.7 Å². The van der Waals surface area contributed by atoms with E-state index in [-0.39, 0.29) is 30.7 Å². The predicted molar refractivity (Wildman–Crippen MR) is 128 cm³/mol. The van der Waals surface area contributed by atoms with E-state index in [1.807, 2.05) is 0 Å². The number of nitrogens with zero attached hydrogens (tertiary/aromatic N) is 3. The van der Waals surface area contributed by atoms with Gasteiger partial charge in [-0.15, -0.1) is 10.2 Å². The molecule has 3 aliphatic rings. The number of hydrogen-bond acceptors (Lipinski definition) is 7. The highest BCUT2D eigenvalue weighted by Crippen LogP contribution is 2.44. The van der Waals surface area contributed by atoms with Gasteiger partial charge in [-0.3, -0.25) is 9.59 Å². The Labute approximate surface area is 214 Å². The van der Waals surface area contributed by atoms with Crippen LogP contribution < -0.4 is 10.6 Å². The number of urea groups is 1. The Kier molecular flexibility index (Phi) is 8.56. The summed E-state index contributed by atoms with van der Waals surface area (Å²) in [5, 5.41) is 13.3. The van der Waals surface area contributed by atoms with Gasteiger partial charge in [0, 0.05) is 38.4 Å². The van der Waals surface area contributed by atoms with Crippen molar-refractivity contribution in [2.24, 2.45) is 5.41 Å². The number of nitrogens with one attached hydrogen (secondary N) is 2. The van der Waals surface area contributed by atoms with E-state index in [4.69, 9.17) is 9.15 Å². The number of unbranched alkanes of at least 4 members (excludes halogenated alkanes) is 1. The molecule has 0 spiro atoms. The van der Waals surface area contributed by atoms with Gasteiger partial charge in [-0.05, 0) is 32.1 Å². The van der Waals surface area contributed by atoms with Crippen LogP contribution in [0.3, 0.4) is 0 Å². The molecule has 1 aromatic rings. The lowest BCUT2D eigenvalue weighted by Gasteiger charge is -2.36. The van der Waals surface area contributed by atoms with Gasteiger partial charge >= 0.3 is 6.03 Å². The van der Waals surface area contributed by atoms with Crippen molar-refractivity contribution >= 4 is 17.7 Å². The third-order valence-electron chi connectivity index (χ3n) is 7.11. The molecule has 2 heterocycles. The summed E-state index contributed by atoms with van der Waals surface area (Å²) in [6.07, 6.45) is 5.05. The lowest BCUT2D eigenvalue weighted by molar-refractivity contribution is -0.136. The molecule has 3 amide bonds. The Morgan fingerprint density at radius 2 is 1.95 bits per heavy atom. The zero-order valence-corrected chi connectivity index (χ0v) is 21.1. The number of alkyl halides is 2. The molecule has 10 nitrogen and oxygen atoms in total. The standard InChI is InChI=1S/C25H35F2N5O5/c1-2-18(19(33)21-31-30-20(37-21)17-6-7-17)29-22(34)24(9-5-10-25(26,27)16-24)8-3-4-11-28-23(35)32-12-14-36-15-13-32/h5,9,17-18H,2-4,6-8,10-16H2,1H3,(H,28,35)(H,29,34). The summed E-state index contributed by atoms with van der Waals surface area (Å²) >= 11 is 0. The summed E-state index contributed by atoms with van der Waals surface area (Å²) in [5.74, 6) is -3.76. The van der Waals surface area contributed by atoms with Crippen LogP contribution in [0.1, 0.15) is 80.8 Å². The molecule has 37 heavy (non-hydrogen) atoms. The molecule has 0 bridgehead atoms. The summed E-state index contributed by atoms with van der Waals surface area (Å²) in [5.41, 5.74) is -1.46. The van der Waals surface area contributed by atoms with E-state index in [2.05, 4.69) is 20.8 Å². The predicted octanol–water partition coefficient (Wildman–Crippen LogP) is 3.21. The Bertz CT molecular complexity index is 1010. The number of carbonyl (C=O) groups is 3. The third-order valence-corrected chi connectivity index (χ3v) is 7.11. The van der Waals surface area contributed by atoms with Crippen LogP contribution in [-0.4, -0.2) is 77.6 Å². The fourth-order valence-corrected chi connectivity index (χ4v) is 4.76. The van der Waals surface area contributed by atoms with Gasteiger partial charge in [0.2, 0.25) is 17.6 Å². The molecular weight excluding hydrogens is 488 g/mol. The van der Waals surface area contributed by atoms with Crippen LogP contribution in [-0.2, 0) is 9.53 Å². The quantitative estimate of drug-likeness (QED) is 0.259. The first kappa shape index (κ1) is 27.2. The highest BCUT2D eigenvalue weighted by Gasteiger charge is 2.48. The van der Waals surface area contributed by atoms with E-state index in [0.717, 1.165) is 12.8 Å². The van der Waals surface area contributed by atoms with E-state index in [9.17, 15) is 23.2 Å². The molecule has 2 aliphatic carbocycles.